The first-order chi connectivity index (χ1) is 8.15. The van der Waals surface area contributed by atoms with Crippen LogP contribution in [0.1, 0.15) is 11.4 Å². The summed E-state index contributed by atoms with van der Waals surface area (Å²) in [5.74, 6) is 2.31. The molecule has 0 saturated carbocycles. The van der Waals surface area contributed by atoms with Crippen LogP contribution in [0.4, 0.5) is 5.95 Å². The fourth-order valence-corrected chi connectivity index (χ4v) is 1.61. The topological polar surface area (TPSA) is 95.1 Å². The lowest BCUT2D eigenvalue weighted by Gasteiger charge is -1.95. The largest absolute Gasteiger partial charge is 0.461 e. The molecule has 0 fully saturated rings. The zero-order chi connectivity index (χ0) is 12.0. The Morgan fingerprint density at radius 1 is 1.24 bits per heavy atom. The molecule has 0 saturated heterocycles. The van der Waals surface area contributed by atoms with Crippen molar-refractivity contribution in [2.24, 2.45) is 0 Å². The summed E-state index contributed by atoms with van der Waals surface area (Å²) in [6, 6.07) is 1.85. The fraction of sp³-hybridized carbons (Fsp3) is 0.200. The molecule has 0 bridgehead atoms. The summed E-state index contributed by atoms with van der Waals surface area (Å²) in [4.78, 5) is 12.4. The lowest BCUT2D eigenvalue weighted by molar-refractivity contribution is 0.575. The minimum Gasteiger partial charge on any atom is -0.461 e. The summed E-state index contributed by atoms with van der Waals surface area (Å²) >= 11 is 0. The van der Waals surface area contributed by atoms with E-state index in [2.05, 4.69) is 20.1 Å². The van der Waals surface area contributed by atoms with Gasteiger partial charge in [-0.1, -0.05) is 0 Å². The van der Waals surface area contributed by atoms with Crippen molar-refractivity contribution in [2.75, 3.05) is 5.73 Å². The Morgan fingerprint density at radius 3 is 2.76 bits per heavy atom. The van der Waals surface area contributed by atoms with Gasteiger partial charge in [0.05, 0.1) is 6.26 Å². The van der Waals surface area contributed by atoms with E-state index in [0.717, 1.165) is 5.56 Å². The molecule has 7 heteroatoms. The van der Waals surface area contributed by atoms with Gasteiger partial charge in [0.25, 0.3) is 5.78 Å². The molecule has 0 aliphatic carbocycles. The summed E-state index contributed by atoms with van der Waals surface area (Å²) < 4.78 is 6.72. The van der Waals surface area contributed by atoms with E-state index in [0.29, 0.717) is 23.2 Å². The molecule has 0 amide bonds. The molecule has 0 atom stereocenters. The van der Waals surface area contributed by atoms with Crippen LogP contribution in [-0.2, 0) is 0 Å². The van der Waals surface area contributed by atoms with Crippen molar-refractivity contribution in [3.05, 3.63) is 23.7 Å². The van der Waals surface area contributed by atoms with E-state index in [-0.39, 0.29) is 5.95 Å². The van der Waals surface area contributed by atoms with Crippen LogP contribution in [0.25, 0.3) is 17.4 Å². The van der Waals surface area contributed by atoms with E-state index in [1.54, 1.807) is 13.2 Å². The lowest BCUT2D eigenvalue weighted by Crippen LogP contribution is -2.05. The van der Waals surface area contributed by atoms with Crippen molar-refractivity contribution in [3.8, 4) is 11.6 Å². The van der Waals surface area contributed by atoms with Crippen LogP contribution in [0.3, 0.4) is 0 Å². The maximum absolute atomic E-state index is 5.74. The van der Waals surface area contributed by atoms with Gasteiger partial charge in [-0.3, -0.25) is 0 Å². The average molecular weight is 230 g/mol. The molecular weight excluding hydrogens is 220 g/mol. The SMILES string of the molecule is Cc1nc(N)n2nc(-c3occc3C)nc2n1. The number of aromatic nitrogens is 5. The predicted octanol–water partition coefficient (Wildman–Crippen LogP) is 0.978. The van der Waals surface area contributed by atoms with Crippen LogP contribution < -0.4 is 5.73 Å². The number of hydrogen-bond acceptors (Lipinski definition) is 6. The van der Waals surface area contributed by atoms with Crippen LogP contribution in [-0.4, -0.2) is 24.6 Å². The van der Waals surface area contributed by atoms with Crippen LogP contribution in [0, 0.1) is 13.8 Å². The van der Waals surface area contributed by atoms with Gasteiger partial charge < -0.3 is 10.2 Å². The molecule has 0 aliphatic heterocycles. The molecule has 3 heterocycles. The zero-order valence-electron chi connectivity index (χ0n) is 9.38. The van der Waals surface area contributed by atoms with Gasteiger partial charge >= 0.3 is 0 Å². The Morgan fingerprint density at radius 2 is 2.06 bits per heavy atom. The highest BCUT2D eigenvalue weighted by atomic mass is 16.3. The van der Waals surface area contributed by atoms with Crippen molar-refractivity contribution in [1.82, 2.24) is 24.6 Å². The van der Waals surface area contributed by atoms with E-state index in [1.165, 1.54) is 4.52 Å². The number of aryl methyl sites for hydroxylation is 2. The van der Waals surface area contributed by atoms with Gasteiger partial charge in [-0.2, -0.15) is 19.5 Å². The zero-order valence-corrected chi connectivity index (χ0v) is 9.38. The third kappa shape index (κ3) is 1.43. The van der Waals surface area contributed by atoms with Gasteiger partial charge in [-0.25, -0.2) is 0 Å². The van der Waals surface area contributed by atoms with Crippen molar-refractivity contribution in [1.29, 1.82) is 0 Å². The van der Waals surface area contributed by atoms with E-state index >= 15 is 0 Å². The third-order valence-corrected chi connectivity index (χ3v) is 2.41. The molecule has 0 radical (unpaired) electrons. The molecule has 3 rings (SSSR count). The second kappa shape index (κ2) is 3.27. The number of furan rings is 1. The maximum atomic E-state index is 5.74. The number of fused-ring (bicyclic) bond motifs is 1. The van der Waals surface area contributed by atoms with Crippen molar-refractivity contribution in [2.45, 2.75) is 13.8 Å². The molecule has 3 aromatic rings. The molecule has 17 heavy (non-hydrogen) atoms. The number of hydrogen-bond donors (Lipinski definition) is 1. The molecule has 0 spiro atoms. The standard InChI is InChI=1S/C10H10N6O/c1-5-3-4-17-7(5)8-14-10-13-6(2)12-9(11)16(10)15-8/h3-4H,1-2H3,(H2,11,12,13,14,15). The predicted molar refractivity (Wildman–Crippen MR) is 60.2 cm³/mol. The first kappa shape index (κ1) is 9.76. The quantitative estimate of drug-likeness (QED) is 0.669. The summed E-state index contributed by atoms with van der Waals surface area (Å²) in [7, 11) is 0. The Balaban J connectivity index is 2.27. The molecule has 0 unspecified atom stereocenters. The first-order valence-corrected chi connectivity index (χ1v) is 5.06. The van der Waals surface area contributed by atoms with Gasteiger partial charge in [0.2, 0.25) is 11.8 Å². The lowest BCUT2D eigenvalue weighted by atomic mass is 10.3. The second-order valence-electron chi connectivity index (χ2n) is 3.71. The van der Waals surface area contributed by atoms with Crippen LogP contribution >= 0.6 is 0 Å². The number of nitrogen functional groups attached to an aromatic ring is 1. The minimum absolute atomic E-state index is 0.260. The van der Waals surface area contributed by atoms with Gasteiger partial charge in [0, 0.05) is 0 Å². The molecule has 2 N–H and O–H groups in total. The second-order valence-corrected chi connectivity index (χ2v) is 3.71. The molecule has 86 valence electrons. The van der Waals surface area contributed by atoms with E-state index < -0.39 is 0 Å². The molecule has 0 aliphatic rings. The van der Waals surface area contributed by atoms with E-state index in [9.17, 15) is 0 Å². The van der Waals surface area contributed by atoms with Gasteiger partial charge in [-0.15, -0.1) is 5.10 Å². The molecular formula is C10H10N6O. The number of nitrogens with zero attached hydrogens (tertiary/aromatic N) is 5. The van der Waals surface area contributed by atoms with Crippen molar-refractivity contribution in [3.63, 3.8) is 0 Å². The van der Waals surface area contributed by atoms with E-state index in [4.69, 9.17) is 10.2 Å². The highest BCUT2D eigenvalue weighted by molar-refractivity contribution is 5.55. The van der Waals surface area contributed by atoms with E-state index in [1.807, 2.05) is 13.0 Å². The summed E-state index contributed by atoms with van der Waals surface area (Å²) in [5, 5.41) is 4.22. The first-order valence-electron chi connectivity index (χ1n) is 5.06. The van der Waals surface area contributed by atoms with Crippen molar-refractivity contribution >= 4 is 11.7 Å². The number of rotatable bonds is 1. The number of nitrogens with two attached hydrogens (primary N) is 1. The van der Waals surface area contributed by atoms with Gasteiger partial charge in [-0.05, 0) is 25.5 Å². The summed E-state index contributed by atoms with van der Waals surface area (Å²) in [5.41, 5.74) is 6.70. The van der Waals surface area contributed by atoms with Gasteiger partial charge in [0.1, 0.15) is 5.82 Å². The minimum atomic E-state index is 0.260. The third-order valence-electron chi connectivity index (χ3n) is 2.41. The Kier molecular flexibility index (Phi) is 1.88. The average Bonchev–Trinajstić information content (AvgIpc) is 2.83. The molecule has 7 nitrogen and oxygen atoms in total. The molecule has 3 aromatic heterocycles. The highest BCUT2D eigenvalue weighted by Crippen LogP contribution is 2.21. The van der Waals surface area contributed by atoms with Gasteiger partial charge in [0.15, 0.2) is 5.76 Å². The molecule has 0 aromatic carbocycles. The Labute approximate surface area is 96.3 Å². The maximum Gasteiger partial charge on any atom is 0.257 e. The Bertz CT molecular complexity index is 698. The monoisotopic (exact) mass is 230 g/mol. The Hall–Kier alpha value is -2.44. The smallest absolute Gasteiger partial charge is 0.257 e. The number of anilines is 1. The van der Waals surface area contributed by atoms with Crippen LogP contribution in [0.5, 0.6) is 0 Å². The van der Waals surface area contributed by atoms with Crippen LogP contribution in [0.2, 0.25) is 0 Å². The van der Waals surface area contributed by atoms with Crippen LogP contribution in [0.15, 0.2) is 16.7 Å². The summed E-state index contributed by atoms with van der Waals surface area (Å²) in [6.45, 7) is 3.67. The van der Waals surface area contributed by atoms with Crippen molar-refractivity contribution < 1.29 is 4.42 Å². The highest BCUT2D eigenvalue weighted by Gasteiger charge is 2.14. The normalized spacial score (nSPS) is 11.2. The summed E-state index contributed by atoms with van der Waals surface area (Å²) in [6.07, 6.45) is 1.59. The fourth-order valence-electron chi connectivity index (χ4n) is 1.61.